The molecule has 2 aromatic carbocycles. The van der Waals surface area contributed by atoms with Crippen molar-refractivity contribution in [1.82, 2.24) is 15.1 Å². The predicted octanol–water partition coefficient (Wildman–Crippen LogP) is 5.24. The van der Waals surface area contributed by atoms with Gasteiger partial charge in [0.25, 0.3) is 5.91 Å². The highest BCUT2D eigenvalue weighted by atomic mass is 16.6. The molecule has 10 heteroatoms. The molecule has 0 fully saturated rings. The molecule has 3 aromatic rings. The lowest BCUT2D eigenvalue weighted by Gasteiger charge is -2.22. The van der Waals surface area contributed by atoms with Crippen molar-refractivity contribution in [2.75, 3.05) is 11.9 Å². The predicted molar refractivity (Wildman–Crippen MR) is 143 cm³/mol. The summed E-state index contributed by atoms with van der Waals surface area (Å²) in [7, 11) is 0. The monoisotopic (exact) mass is 522 g/mol. The van der Waals surface area contributed by atoms with E-state index in [9.17, 15) is 14.4 Å². The molecular formula is C28H34N4O6. The van der Waals surface area contributed by atoms with E-state index >= 15 is 0 Å². The minimum absolute atomic E-state index is 0.0996. The summed E-state index contributed by atoms with van der Waals surface area (Å²) >= 11 is 0. The van der Waals surface area contributed by atoms with Gasteiger partial charge in [-0.25, -0.2) is 9.59 Å². The molecule has 2 N–H and O–H groups in total. The lowest BCUT2D eigenvalue weighted by Crippen LogP contribution is -2.44. The molecule has 38 heavy (non-hydrogen) atoms. The first-order valence-electron chi connectivity index (χ1n) is 12.2. The van der Waals surface area contributed by atoms with Crippen LogP contribution in [0.25, 0.3) is 11.1 Å². The van der Waals surface area contributed by atoms with Gasteiger partial charge < -0.3 is 24.8 Å². The molecule has 0 aliphatic carbocycles. The number of rotatable bonds is 7. The SMILES string of the molecule is CC(C)(C)OC(=O)NCC(Oc1ccccc1)C(=O)Nc1ccc(-c2cnn(C(=O)OC(C)(C)C)c2)cc1. The van der Waals surface area contributed by atoms with E-state index in [1.807, 2.05) is 6.07 Å². The zero-order valence-electron chi connectivity index (χ0n) is 22.5. The van der Waals surface area contributed by atoms with E-state index in [2.05, 4.69) is 15.7 Å². The van der Waals surface area contributed by atoms with Crippen molar-refractivity contribution >= 4 is 23.8 Å². The number of nitrogens with zero attached hydrogens (tertiary/aromatic N) is 2. The fourth-order valence-electron chi connectivity index (χ4n) is 3.19. The fourth-order valence-corrected chi connectivity index (χ4v) is 3.19. The molecule has 0 saturated heterocycles. The van der Waals surface area contributed by atoms with E-state index in [0.29, 0.717) is 17.0 Å². The zero-order chi connectivity index (χ0) is 27.9. The molecule has 0 bridgehead atoms. The van der Waals surface area contributed by atoms with Crippen LogP contribution in [0.3, 0.4) is 0 Å². The molecule has 3 rings (SSSR count). The van der Waals surface area contributed by atoms with Crippen molar-refractivity contribution in [3.8, 4) is 16.9 Å². The van der Waals surface area contributed by atoms with E-state index in [1.54, 1.807) is 102 Å². The number of para-hydroxylation sites is 1. The summed E-state index contributed by atoms with van der Waals surface area (Å²) in [5, 5.41) is 9.48. The highest BCUT2D eigenvalue weighted by Gasteiger charge is 2.24. The number of carbonyl (C=O) groups excluding carboxylic acids is 3. The summed E-state index contributed by atoms with van der Waals surface area (Å²) in [6, 6.07) is 15.9. The number of carbonyl (C=O) groups is 3. The lowest BCUT2D eigenvalue weighted by molar-refractivity contribution is -0.122. The molecule has 1 heterocycles. The van der Waals surface area contributed by atoms with Gasteiger partial charge in [0.15, 0.2) is 6.10 Å². The van der Waals surface area contributed by atoms with Crippen molar-refractivity contribution in [2.45, 2.75) is 58.8 Å². The Morgan fingerprint density at radius 2 is 1.50 bits per heavy atom. The van der Waals surface area contributed by atoms with E-state index < -0.39 is 35.4 Å². The average Bonchev–Trinajstić information content (AvgIpc) is 3.31. The van der Waals surface area contributed by atoms with E-state index in [-0.39, 0.29) is 6.54 Å². The van der Waals surface area contributed by atoms with Gasteiger partial charge in [0.05, 0.1) is 12.7 Å². The third-order valence-corrected chi connectivity index (χ3v) is 4.79. The molecule has 1 unspecified atom stereocenters. The second kappa shape index (κ2) is 11.8. The van der Waals surface area contributed by atoms with Crippen molar-refractivity contribution in [3.05, 3.63) is 67.0 Å². The number of hydrogen-bond donors (Lipinski definition) is 2. The quantitative estimate of drug-likeness (QED) is 0.435. The molecule has 0 radical (unpaired) electrons. The minimum atomic E-state index is -1.02. The van der Waals surface area contributed by atoms with Crippen molar-refractivity contribution < 1.29 is 28.6 Å². The van der Waals surface area contributed by atoms with Crippen LogP contribution in [0.2, 0.25) is 0 Å². The molecule has 202 valence electrons. The Labute approximate surface area is 222 Å². The number of nitrogens with one attached hydrogen (secondary N) is 2. The first-order valence-corrected chi connectivity index (χ1v) is 12.2. The number of hydrogen-bond acceptors (Lipinski definition) is 7. The Kier molecular flexibility index (Phi) is 8.77. The number of anilines is 1. The molecule has 0 aliphatic heterocycles. The normalized spacial score (nSPS) is 12.3. The van der Waals surface area contributed by atoms with Crippen LogP contribution < -0.4 is 15.4 Å². The van der Waals surface area contributed by atoms with Crippen LogP contribution in [0.5, 0.6) is 5.75 Å². The summed E-state index contributed by atoms with van der Waals surface area (Å²) < 4.78 is 17.6. The van der Waals surface area contributed by atoms with Gasteiger partial charge >= 0.3 is 12.2 Å². The molecule has 0 saturated carbocycles. The molecule has 1 atom stereocenters. The van der Waals surface area contributed by atoms with Crippen LogP contribution in [-0.4, -0.2) is 51.7 Å². The molecular weight excluding hydrogens is 488 g/mol. The first-order chi connectivity index (χ1) is 17.8. The average molecular weight is 523 g/mol. The second-order valence-corrected chi connectivity index (χ2v) is 10.5. The molecule has 2 amide bonds. The summed E-state index contributed by atoms with van der Waals surface area (Å²) in [6.45, 7) is 10.5. The van der Waals surface area contributed by atoms with Crippen molar-refractivity contribution in [1.29, 1.82) is 0 Å². The van der Waals surface area contributed by atoms with Crippen LogP contribution in [-0.2, 0) is 14.3 Å². The second-order valence-electron chi connectivity index (χ2n) is 10.5. The van der Waals surface area contributed by atoms with E-state index in [1.165, 1.54) is 0 Å². The number of ether oxygens (including phenoxy) is 3. The zero-order valence-corrected chi connectivity index (χ0v) is 22.5. The largest absolute Gasteiger partial charge is 0.479 e. The van der Waals surface area contributed by atoms with Gasteiger partial charge in [0.2, 0.25) is 0 Å². The molecule has 10 nitrogen and oxygen atoms in total. The van der Waals surface area contributed by atoms with Crippen molar-refractivity contribution in [3.63, 3.8) is 0 Å². The smallest absolute Gasteiger partial charge is 0.435 e. The third-order valence-electron chi connectivity index (χ3n) is 4.79. The molecule has 0 spiro atoms. The highest BCUT2D eigenvalue weighted by Crippen LogP contribution is 2.22. The van der Waals surface area contributed by atoms with Crippen LogP contribution in [0, 0.1) is 0 Å². The summed E-state index contributed by atoms with van der Waals surface area (Å²) in [5.74, 6) is 0.0337. The van der Waals surface area contributed by atoms with Gasteiger partial charge in [-0.3, -0.25) is 4.79 Å². The van der Waals surface area contributed by atoms with Gasteiger partial charge in [-0.15, -0.1) is 0 Å². The Balaban J connectivity index is 1.67. The first kappa shape index (κ1) is 28.2. The van der Waals surface area contributed by atoms with Crippen LogP contribution in [0.1, 0.15) is 41.5 Å². The van der Waals surface area contributed by atoms with Crippen LogP contribution >= 0.6 is 0 Å². The fraction of sp³-hybridized carbons (Fsp3) is 0.357. The van der Waals surface area contributed by atoms with Gasteiger partial charge in [-0.05, 0) is 71.4 Å². The summed E-state index contributed by atoms with van der Waals surface area (Å²) in [5.41, 5.74) is 0.722. The molecule has 1 aromatic heterocycles. The Bertz CT molecular complexity index is 1240. The van der Waals surface area contributed by atoms with Gasteiger partial charge in [-0.2, -0.15) is 9.78 Å². The van der Waals surface area contributed by atoms with Crippen molar-refractivity contribution in [2.24, 2.45) is 0 Å². The highest BCUT2D eigenvalue weighted by molar-refractivity contribution is 5.95. The minimum Gasteiger partial charge on any atom is -0.479 e. The van der Waals surface area contributed by atoms with Gasteiger partial charge in [-0.1, -0.05) is 30.3 Å². The molecule has 0 aliphatic rings. The number of benzene rings is 2. The summed E-state index contributed by atoms with van der Waals surface area (Å²) in [4.78, 5) is 37.4. The Morgan fingerprint density at radius 3 is 2.11 bits per heavy atom. The van der Waals surface area contributed by atoms with Gasteiger partial charge in [0, 0.05) is 17.4 Å². The number of aromatic nitrogens is 2. The van der Waals surface area contributed by atoms with Gasteiger partial charge in [0.1, 0.15) is 17.0 Å². The lowest BCUT2D eigenvalue weighted by atomic mass is 10.1. The van der Waals surface area contributed by atoms with Crippen LogP contribution in [0.15, 0.2) is 67.0 Å². The maximum absolute atomic E-state index is 13.1. The van der Waals surface area contributed by atoms with E-state index in [0.717, 1.165) is 10.2 Å². The summed E-state index contributed by atoms with van der Waals surface area (Å²) in [6.07, 6.45) is 0.897. The third kappa shape index (κ3) is 8.95. The number of alkyl carbamates (subject to hydrolysis) is 1. The topological polar surface area (TPSA) is 121 Å². The Hall–Kier alpha value is -4.34. The standard InChI is InChI=1S/C28H34N4O6/c1-27(2,3)37-25(34)29-17-23(36-22-10-8-7-9-11-22)24(33)31-21-14-12-19(13-15-21)20-16-30-32(18-20)26(35)38-28(4,5)6/h7-16,18,23H,17H2,1-6H3,(H,29,34)(H,31,33). The van der Waals surface area contributed by atoms with E-state index in [4.69, 9.17) is 14.2 Å². The van der Waals surface area contributed by atoms with Crippen LogP contribution in [0.4, 0.5) is 15.3 Å². The Morgan fingerprint density at radius 1 is 0.868 bits per heavy atom. The maximum atomic E-state index is 13.1. The number of amides is 2. The maximum Gasteiger partial charge on any atom is 0.435 e.